The molecule has 0 saturated carbocycles. The number of hydrogen-bond acceptors (Lipinski definition) is 2. The highest BCUT2D eigenvalue weighted by Crippen LogP contribution is 2.22. The van der Waals surface area contributed by atoms with Crippen molar-refractivity contribution in [1.82, 2.24) is 5.32 Å². The first-order chi connectivity index (χ1) is 9.97. The number of aliphatic hydroxyl groups excluding tert-OH is 1. The Morgan fingerprint density at radius 2 is 1.57 bits per heavy atom. The van der Waals surface area contributed by atoms with E-state index in [1.807, 2.05) is 13.0 Å². The van der Waals surface area contributed by atoms with Gasteiger partial charge in [-0.25, -0.2) is 0 Å². The van der Waals surface area contributed by atoms with Crippen LogP contribution in [-0.2, 0) is 6.54 Å². The molecule has 2 atom stereocenters. The fourth-order valence-corrected chi connectivity index (χ4v) is 2.52. The van der Waals surface area contributed by atoms with Gasteiger partial charge in [-0.1, -0.05) is 53.6 Å². The third kappa shape index (κ3) is 4.16. The van der Waals surface area contributed by atoms with Gasteiger partial charge in [0.1, 0.15) is 0 Å². The van der Waals surface area contributed by atoms with Gasteiger partial charge >= 0.3 is 0 Å². The highest BCUT2D eigenvalue weighted by Gasteiger charge is 2.17. The van der Waals surface area contributed by atoms with Crippen LogP contribution in [0, 0.1) is 20.8 Å². The Morgan fingerprint density at radius 3 is 2.19 bits per heavy atom. The van der Waals surface area contributed by atoms with Crippen LogP contribution in [0.1, 0.15) is 40.8 Å². The van der Waals surface area contributed by atoms with E-state index >= 15 is 0 Å². The van der Waals surface area contributed by atoms with Crippen LogP contribution in [0.5, 0.6) is 0 Å². The van der Waals surface area contributed by atoms with Gasteiger partial charge < -0.3 is 10.4 Å². The Balaban J connectivity index is 1.99. The quantitative estimate of drug-likeness (QED) is 0.874. The van der Waals surface area contributed by atoms with E-state index in [2.05, 4.69) is 62.5 Å². The lowest BCUT2D eigenvalue weighted by Crippen LogP contribution is -2.32. The van der Waals surface area contributed by atoms with Crippen LogP contribution in [0.3, 0.4) is 0 Å². The van der Waals surface area contributed by atoms with Gasteiger partial charge in [-0.2, -0.15) is 0 Å². The van der Waals surface area contributed by atoms with Crippen molar-refractivity contribution >= 4 is 0 Å². The summed E-state index contributed by atoms with van der Waals surface area (Å²) < 4.78 is 0. The van der Waals surface area contributed by atoms with E-state index in [-0.39, 0.29) is 6.04 Å². The average Bonchev–Trinajstić information content (AvgIpc) is 2.45. The number of rotatable bonds is 5. The molecule has 0 radical (unpaired) electrons. The zero-order valence-electron chi connectivity index (χ0n) is 13.4. The number of aryl methyl sites for hydroxylation is 3. The molecule has 2 unspecified atom stereocenters. The second-order valence-electron chi connectivity index (χ2n) is 5.96. The van der Waals surface area contributed by atoms with E-state index in [1.165, 1.54) is 16.7 Å². The molecule has 2 nitrogen and oxygen atoms in total. The summed E-state index contributed by atoms with van der Waals surface area (Å²) in [5.74, 6) is 0. The van der Waals surface area contributed by atoms with Crippen molar-refractivity contribution in [1.29, 1.82) is 0 Å². The van der Waals surface area contributed by atoms with Crippen LogP contribution in [-0.4, -0.2) is 11.1 Å². The molecular weight excluding hydrogens is 258 g/mol. The first kappa shape index (κ1) is 15.7. The molecule has 2 aromatic carbocycles. The summed E-state index contributed by atoms with van der Waals surface area (Å²) in [6.07, 6.45) is -0.490. The van der Waals surface area contributed by atoms with Gasteiger partial charge in [-0.3, -0.25) is 0 Å². The Bertz CT molecular complexity index is 589. The summed E-state index contributed by atoms with van der Waals surface area (Å²) in [6, 6.07) is 14.7. The van der Waals surface area contributed by atoms with Gasteiger partial charge in [0.2, 0.25) is 0 Å². The Morgan fingerprint density at radius 1 is 0.952 bits per heavy atom. The molecule has 2 rings (SSSR count). The lowest BCUT2D eigenvalue weighted by atomic mass is 9.97. The summed E-state index contributed by atoms with van der Waals surface area (Å²) in [6.45, 7) is 9.01. The van der Waals surface area contributed by atoms with Crippen molar-refractivity contribution in [2.24, 2.45) is 0 Å². The lowest BCUT2D eigenvalue weighted by molar-refractivity contribution is 0.134. The molecule has 2 heteroatoms. The smallest absolute Gasteiger partial charge is 0.0942 e. The van der Waals surface area contributed by atoms with E-state index in [9.17, 15) is 5.11 Å². The van der Waals surface area contributed by atoms with Crippen LogP contribution >= 0.6 is 0 Å². The van der Waals surface area contributed by atoms with Crippen LogP contribution in [0.2, 0.25) is 0 Å². The molecule has 0 saturated heterocycles. The van der Waals surface area contributed by atoms with Crippen molar-refractivity contribution in [2.75, 3.05) is 0 Å². The van der Waals surface area contributed by atoms with E-state index in [0.717, 1.165) is 17.7 Å². The number of nitrogens with one attached hydrogen (secondary N) is 1. The SMILES string of the molecule is Cc1ccc(CNC(C)C(O)c2ccc(C)cc2C)cc1. The summed E-state index contributed by atoms with van der Waals surface area (Å²) in [4.78, 5) is 0. The van der Waals surface area contributed by atoms with Crippen molar-refractivity contribution < 1.29 is 5.11 Å². The monoisotopic (exact) mass is 283 g/mol. The normalized spacial score (nSPS) is 14.0. The third-order valence-electron chi connectivity index (χ3n) is 3.97. The standard InChI is InChI=1S/C19H25NO/c1-13-5-8-17(9-6-13)12-20-16(4)19(21)18-10-7-14(2)11-15(18)3/h5-11,16,19-21H,12H2,1-4H3. The van der Waals surface area contributed by atoms with Gasteiger partial charge in [0, 0.05) is 12.6 Å². The first-order valence-corrected chi connectivity index (χ1v) is 7.51. The zero-order valence-corrected chi connectivity index (χ0v) is 13.4. The lowest BCUT2D eigenvalue weighted by Gasteiger charge is -2.22. The Hall–Kier alpha value is -1.64. The van der Waals surface area contributed by atoms with Gasteiger partial charge in [-0.05, 0) is 44.4 Å². The summed E-state index contributed by atoms with van der Waals surface area (Å²) in [7, 11) is 0. The van der Waals surface area contributed by atoms with Crippen molar-refractivity contribution in [3.8, 4) is 0 Å². The predicted molar refractivity (Wildman–Crippen MR) is 88.4 cm³/mol. The van der Waals surface area contributed by atoms with Crippen molar-refractivity contribution in [2.45, 2.75) is 46.4 Å². The molecule has 2 N–H and O–H groups in total. The molecule has 0 spiro atoms. The molecule has 0 aromatic heterocycles. The number of benzene rings is 2. The van der Waals surface area contributed by atoms with Crippen LogP contribution in [0.4, 0.5) is 0 Å². The largest absolute Gasteiger partial charge is 0.387 e. The molecule has 0 fully saturated rings. The molecule has 0 aliphatic carbocycles. The average molecular weight is 283 g/mol. The molecule has 0 aliphatic rings. The summed E-state index contributed by atoms with van der Waals surface area (Å²) >= 11 is 0. The fraction of sp³-hybridized carbons (Fsp3) is 0.368. The van der Waals surface area contributed by atoms with Gasteiger partial charge in [0.15, 0.2) is 0 Å². The van der Waals surface area contributed by atoms with Gasteiger partial charge in [0.25, 0.3) is 0 Å². The maximum atomic E-state index is 10.5. The summed E-state index contributed by atoms with van der Waals surface area (Å²) in [5, 5.41) is 13.9. The third-order valence-corrected chi connectivity index (χ3v) is 3.97. The second-order valence-corrected chi connectivity index (χ2v) is 5.96. The van der Waals surface area contributed by atoms with Crippen LogP contribution < -0.4 is 5.32 Å². The van der Waals surface area contributed by atoms with Crippen molar-refractivity contribution in [3.05, 3.63) is 70.3 Å². The van der Waals surface area contributed by atoms with Crippen LogP contribution in [0.15, 0.2) is 42.5 Å². The fourth-order valence-electron chi connectivity index (χ4n) is 2.52. The Labute approximate surface area is 127 Å². The minimum atomic E-state index is -0.490. The molecular formula is C19H25NO. The van der Waals surface area contributed by atoms with E-state index < -0.39 is 6.10 Å². The molecule has 0 bridgehead atoms. The maximum absolute atomic E-state index is 10.5. The predicted octanol–water partition coefficient (Wildman–Crippen LogP) is 3.82. The van der Waals surface area contributed by atoms with Crippen LogP contribution in [0.25, 0.3) is 0 Å². The maximum Gasteiger partial charge on any atom is 0.0942 e. The minimum absolute atomic E-state index is 0.00714. The minimum Gasteiger partial charge on any atom is -0.387 e. The van der Waals surface area contributed by atoms with E-state index in [4.69, 9.17) is 0 Å². The van der Waals surface area contributed by atoms with Gasteiger partial charge in [0.05, 0.1) is 6.10 Å². The number of hydrogen-bond donors (Lipinski definition) is 2. The first-order valence-electron chi connectivity index (χ1n) is 7.51. The topological polar surface area (TPSA) is 32.3 Å². The highest BCUT2D eigenvalue weighted by molar-refractivity contribution is 5.32. The van der Waals surface area contributed by atoms with E-state index in [1.54, 1.807) is 0 Å². The van der Waals surface area contributed by atoms with Gasteiger partial charge in [-0.15, -0.1) is 0 Å². The van der Waals surface area contributed by atoms with Crippen molar-refractivity contribution in [3.63, 3.8) is 0 Å². The second kappa shape index (κ2) is 6.88. The Kier molecular flexibility index (Phi) is 5.16. The summed E-state index contributed by atoms with van der Waals surface area (Å²) in [5.41, 5.74) is 5.88. The number of aliphatic hydroxyl groups is 1. The molecule has 2 aromatic rings. The molecule has 112 valence electrons. The molecule has 0 aliphatic heterocycles. The van der Waals surface area contributed by atoms with E-state index in [0.29, 0.717) is 0 Å². The zero-order chi connectivity index (χ0) is 15.4. The molecule has 0 amide bonds. The highest BCUT2D eigenvalue weighted by atomic mass is 16.3. The molecule has 0 heterocycles. The molecule has 21 heavy (non-hydrogen) atoms.